The van der Waals surface area contributed by atoms with Crippen molar-refractivity contribution < 1.29 is 4.79 Å². The highest BCUT2D eigenvalue weighted by molar-refractivity contribution is 5.95. The van der Waals surface area contributed by atoms with Crippen molar-refractivity contribution in [2.45, 2.75) is 39.3 Å². The van der Waals surface area contributed by atoms with Crippen molar-refractivity contribution in [3.05, 3.63) is 34.9 Å². The molecule has 1 fully saturated rings. The van der Waals surface area contributed by atoms with E-state index in [9.17, 15) is 4.79 Å². The SMILES string of the molecule is CCn1cc(CN2CC[C@H](c3[nH]ncc3C(=O)NC)C2)c(C)n1. The number of H-pyrrole nitrogens is 1. The minimum atomic E-state index is -0.0766. The number of likely N-dealkylation sites (tertiary alicyclic amines) is 1. The monoisotopic (exact) mass is 316 g/mol. The molecule has 1 saturated heterocycles. The van der Waals surface area contributed by atoms with Crippen molar-refractivity contribution in [3.8, 4) is 0 Å². The van der Waals surface area contributed by atoms with Crippen LogP contribution in [0.2, 0.25) is 0 Å². The molecule has 0 aromatic carbocycles. The Kier molecular flexibility index (Phi) is 4.47. The molecule has 2 aromatic rings. The molecule has 7 heteroatoms. The summed E-state index contributed by atoms with van der Waals surface area (Å²) in [5.41, 5.74) is 3.99. The molecule has 1 aliphatic rings. The Hall–Kier alpha value is -2.15. The molecule has 0 aliphatic carbocycles. The third kappa shape index (κ3) is 3.14. The predicted octanol–water partition coefficient (Wildman–Crippen LogP) is 1.28. The van der Waals surface area contributed by atoms with E-state index in [-0.39, 0.29) is 5.91 Å². The van der Waals surface area contributed by atoms with Crippen LogP contribution in [0.4, 0.5) is 0 Å². The first-order chi connectivity index (χ1) is 11.1. The number of amides is 1. The van der Waals surface area contributed by atoms with Gasteiger partial charge in [0.05, 0.1) is 23.1 Å². The minimum absolute atomic E-state index is 0.0766. The summed E-state index contributed by atoms with van der Waals surface area (Å²) in [5, 5.41) is 14.3. The molecular formula is C16H24N6O. The van der Waals surface area contributed by atoms with Crippen LogP contribution in [0.25, 0.3) is 0 Å². The molecule has 124 valence electrons. The molecule has 1 atom stereocenters. The summed E-state index contributed by atoms with van der Waals surface area (Å²) in [6.45, 7) is 7.92. The van der Waals surface area contributed by atoms with Crippen molar-refractivity contribution in [3.63, 3.8) is 0 Å². The van der Waals surface area contributed by atoms with Gasteiger partial charge in [-0.1, -0.05) is 0 Å². The van der Waals surface area contributed by atoms with E-state index in [2.05, 4.69) is 45.6 Å². The highest BCUT2D eigenvalue weighted by atomic mass is 16.1. The smallest absolute Gasteiger partial charge is 0.254 e. The standard InChI is InChI=1S/C16H24N6O/c1-4-22-10-13(11(2)20-22)9-21-6-5-12(8-21)15-14(7-18-19-15)16(23)17-3/h7,10,12H,4-6,8-9H2,1-3H3,(H,17,23)(H,18,19)/t12-/m0/s1. The van der Waals surface area contributed by atoms with Gasteiger partial charge in [0.15, 0.2) is 0 Å². The number of aromatic nitrogens is 4. The number of nitrogens with one attached hydrogen (secondary N) is 2. The maximum absolute atomic E-state index is 11.9. The van der Waals surface area contributed by atoms with Gasteiger partial charge in [0.25, 0.3) is 5.91 Å². The maximum Gasteiger partial charge on any atom is 0.254 e. The molecule has 0 spiro atoms. The van der Waals surface area contributed by atoms with Crippen LogP contribution in [0.3, 0.4) is 0 Å². The van der Waals surface area contributed by atoms with E-state index in [0.717, 1.165) is 44.0 Å². The molecule has 1 amide bonds. The summed E-state index contributed by atoms with van der Waals surface area (Å²) in [7, 11) is 1.65. The normalized spacial score (nSPS) is 18.5. The number of carbonyl (C=O) groups excluding carboxylic acids is 1. The Balaban J connectivity index is 1.68. The van der Waals surface area contributed by atoms with Gasteiger partial charge < -0.3 is 5.32 Å². The van der Waals surface area contributed by atoms with E-state index in [1.54, 1.807) is 13.2 Å². The molecule has 0 saturated carbocycles. The fourth-order valence-electron chi connectivity index (χ4n) is 3.25. The lowest BCUT2D eigenvalue weighted by Crippen LogP contribution is -2.22. The van der Waals surface area contributed by atoms with Crippen LogP contribution in [0, 0.1) is 6.92 Å². The fourth-order valence-corrected chi connectivity index (χ4v) is 3.25. The Morgan fingerprint density at radius 1 is 1.52 bits per heavy atom. The number of aryl methyl sites for hydroxylation is 2. The number of hydrogen-bond donors (Lipinski definition) is 2. The molecule has 1 aliphatic heterocycles. The first-order valence-electron chi connectivity index (χ1n) is 8.13. The molecule has 2 aromatic heterocycles. The zero-order valence-electron chi connectivity index (χ0n) is 14.0. The van der Waals surface area contributed by atoms with Gasteiger partial charge in [0, 0.05) is 44.4 Å². The number of nitrogens with zero attached hydrogens (tertiary/aromatic N) is 4. The van der Waals surface area contributed by atoms with Gasteiger partial charge in [-0.15, -0.1) is 0 Å². The van der Waals surface area contributed by atoms with E-state index in [1.165, 1.54) is 5.56 Å². The lowest BCUT2D eigenvalue weighted by Gasteiger charge is -2.15. The third-order valence-electron chi connectivity index (χ3n) is 4.59. The summed E-state index contributed by atoms with van der Waals surface area (Å²) in [4.78, 5) is 14.3. The maximum atomic E-state index is 11.9. The molecule has 0 unspecified atom stereocenters. The number of rotatable bonds is 5. The van der Waals surface area contributed by atoms with E-state index >= 15 is 0 Å². The summed E-state index contributed by atoms with van der Waals surface area (Å²) >= 11 is 0. The highest BCUT2D eigenvalue weighted by Gasteiger charge is 2.29. The van der Waals surface area contributed by atoms with E-state index < -0.39 is 0 Å². The van der Waals surface area contributed by atoms with Gasteiger partial charge in [-0.3, -0.25) is 19.5 Å². The summed E-state index contributed by atoms with van der Waals surface area (Å²) < 4.78 is 1.98. The second-order valence-electron chi connectivity index (χ2n) is 6.09. The van der Waals surface area contributed by atoms with Crippen LogP contribution in [-0.4, -0.2) is 50.9 Å². The van der Waals surface area contributed by atoms with Gasteiger partial charge in [-0.25, -0.2) is 0 Å². The van der Waals surface area contributed by atoms with Gasteiger partial charge in [0.2, 0.25) is 0 Å². The Bertz CT molecular complexity index is 689. The van der Waals surface area contributed by atoms with E-state index in [4.69, 9.17) is 0 Å². The predicted molar refractivity (Wildman–Crippen MR) is 87.3 cm³/mol. The lowest BCUT2D eigenvalue weighted by molar-refractivity contribution is 0.0961. The zero-order valence-corrected chi connectivity index (χ0v) is 14.0. The van der Waals surface area contributed by atoms with Crippen molar-refractivity contribution in [1.82, 2.24) is 30.2 Å². The second-order valence-corrected chi connectivity index (χ2v) is 6.09. The molecule has 3 rings (SSSR count). The van der Waals surface area contributed by atoms with Crippen LogP contribution in [-0.2, 0) is 13.1 Å². The summed E-state index contributed by atoms with van der Waals surface area (Å²) in [6, 6.07) is 0. The molecule has 0 radical (unpaired) electrons. The lowest BCUT2D eigenvalue weighted by atomic mass is 10.0. The first kappa shape index (κ1) is 15.7. The average Bonchev–Trinajstić information content (AvgIpc) is 3.27. The fraction of sp³-hybridized carbons (Fsp3) is 0.562. The largest absolute Gasteiger partial charge is 0.355 e. The molecular weight excluding hydrogens is 292 g/mol. The van der Waals surface area contributed by atoms with Gasteiger partial charge in [-0.2, -0.15) is 10.2 Å². The van der Waals surface area contributed by atoms with Crippen LogP contribution in [0.5, 0.6) is 0 Å². The van der Waals surface area contributed by atoms with Gasteiger partial charge in [-0.05, 0) is 26.8 Å². The highest BCUT2D eigenvalue weighted by Crippen LogP contribution is 2.29. The second kappa shape index (κ2) is 6.54. The van der Waals surface area contributed by atoms with Crippen LogP contribution >= 0.6 is 0 Å². The van der Waals surface area contributed by atoms with Crippen molar-refractivity contribution >= 4 is 5.91 Å². The van der Waals surface area contributed by atoms with E-state index in [0.29, 0.717) is 11.5 Å². The summed E-state index contributed by atoms with van der Waals surface area (Å²) in [6.07, 6.45) is 4.79. The Morgan fingerprint density at radius 2 is 2.35 bits per heavy atom. The number of carbonyl (C=O) groups is 1. The molecule has 7 nitrogen and oxygen atoms in total. The zero-order chi connectivity index (χ0) is 16.4. The Labute approximate surface area is 136 Å². The molecule has 3 heterocycles. The van der Waals surface area contributed by atoms with Crippen molar-refractivity contribution in [1.29, 1.82) is 0 Å². The summed E-state index contributed by atoms with van der Waals surface area (Å²) in [5.74, 6) is 0.249. The quantitative estimate of drug-likeness (QED) is 0.871. The third-order valence-corrected chi connectivity index (χ3v) is 4.59. The minimum Gasteiger partial charge on any atom is -0.355 e. The van der Waals surface area contributed by atoms with Gasteiger partial charge in [0.1, 0.15) is 0 Å². The first-order valence-corrected chi connectivity index (χ1v) is 8.13. The van der Waals surface area contributed by atoms with Crippen molar-refractivity contribution in [2.24, 2.45) is 0 Å². The molecule has 2 N–H and O–H groups in total. The van der Waals surface area contributed by atoms with E-state index in [1.807, 2.05) is 4.68 Å². The van der Waals surface area contributed by atoms with Crippen molar-refractivity contribution in [2.75, 3.05) is 20.1 Å². The number of aromatic amines is 1. The number of hydrogen-bond acceptors (Lipinski definition) is 4. The van der Waals surface area contributed by atoms with Crippen LogP contribution in [0.15, 0.2) is 12.4 Å². The Morgan fingerprint density at radius 3 is 3.04 bits per heavy atom. The average molecular weight is 316 g/mol. The molecule has 0 bridgehead atoms. The topological polar surface area (TPSA) is 78.8 Å². The van der Waals surface area contributed by atoms with Gasteiger partial charge >= 0.3 is 0 Å². The molecule has 23 heavy (non-hydrogen) atoms. The van der Waals surface area contributed by atoms with Crippen LogP contribution < -0.4 is 5.32 Å². The van der Waals surface area contributed by atoms with Crippen LogP contribution in [0.1, 0.15) is 46.6 Å².